The van der Waals surface area contributed by atoms with Crippen LogP contribution in [0.3, 0.4) is 0 Å². The van der Waals surface area contributed by atoms with E-state index in [4.69, 9.17) is 10.1 Å². The third kappa shape index (κ3) is 3.75. The standard InChI is InChI=1S/C20H27N3O3/c24-17(19-15-10-23(11-16(15)19)12-18(25)26)6-2-1-5-14-8-7-13-4-3-9-21-20(13)22-14/h7-8,15-16,19H,1-6,9-12H2,(H,21,22)(H,25,26)/t15-,16+,19?. The maximum atomic E-state index is 12.4. The van der Waals surface area contributed by atoms with Crippen molar-refractivity contribution in [2.75, 3.05) is 31.5 Å². The second-order valence-electron chi connectivity index (χ2n) is 7.96. The van der Waals surface area contributed by atoms with E-state index < -0.39 is 5.97 Å². The van der Waals surface area contributed by atoms with Crippen molar-refractivity contribution in [3.8, 4) is 0 Å². The Morgan fingerprint density at radius 2 is 2.04 bits per heavy atom. The molecule has 1 unspecified atom stereocenters. The quantitative estimate of drug-likeness (QED) is 0.693. The number of hydrogen-bond donors (Lipinski definition) is 2. The molecule has 6 nitrogen and oxygen atoms in total. The van der Waals surface area contributed by atoms with Crippen LogP contribution in [0.15, 0.2) is 12.1 Å². The van der Waals surface area contributed by atoms with Gasteiger partial charge in [0, 0.05) is 37.7 Å². The van der Waals surface area contributed by atoms with Gasteiger partial charge < -0.3 is 10.4 Å². The number of anilines is 1. The van der Waals surface area contributed by atoms with Crippen molar-refractivity contribution in [1.82, 2.24) is 9.88 Å². The van der Waals surface area contributed by atoms with Gasteiger partial charge in [0.05, 0.1) is 6.54 Å². The van der Waals surface area contributed by atoms with Crippen LogP contribution >= 0.6 is 0 Å². The van der Waals surface area contributed by atoms with Gasteiger partial charge >= 0.3 is 5.97 Å². The van der Waals surface area contributed by atoms with Crippen LogP contribution in [0.1, 0.15) is 36.9 Å². The van der Waals surface area contributed by atoms with Crippen LogP contribution in [0.2, 0.25) is 0 Å². The fourth-order valence-electron chi connectivity index (χ4n) is 4.69. The summed E-state index contributed by atoms with van der Waals surface area (Å²) in [6, 6.07) is 4.30. The summed E-state index contributed by atoms with van der Waals surface area (Å²) < 4.78 is 0. The number of nitrogens with one attached hydrogen (secondary N) is 1. The zero-order valence-corrected chi connectivity index (χ0v) is 15.1. The number of unbranched alkanes of at least 4 members (excludes halogenated alkanes) is 1. The number of rotatable bonds is 8. The molecule has 0 amide bonds. The van der Waals surface area contributed by atoms with Gasteiger partial charge in [0.2, 0.25) is 0 Å². The van der Waals surface area contributed by atoms with E-state index in [9.17, 15) is 9.59 Å². The van der Waals surface area contributed by atoms with E-state index in [2.05, 4.69) is 17.4 Å². The molecule has 1 aromatic rings. The summed E-state index contributed by atoms with van der Waals surface area (Å²) in [5, 5.41) is 12.2. The van der Waals surface area contributed by atoms with Crippen LogP contribution in [0.5, 0.6) is 0 Å². The average Bonchev–Trinajstić information content (AvgIpc) is 3.14. The number of pyridine rings is 1. The molecule has 0 spiro atoms. The number of hydrogen-bond acceptors (Lipinski definition) is 5. The van der Waals surface area contributed by atoms with Gasteiger partial charge in [-0.3, -0.25) is 14.5 Å². The first-order valence-corrected chi connectivity index (χ1v) is 9.81. The molecule has 3 atom stereocenters. The lowest BCUT2D eigenvalue weighted by Crippen LogP contribution is -2.31. The van der Waals surface area contributed by atoms with Crippen molar-refractivity contribution in [3.05, 3.63) is 23.4 Å². The highest BCUT2D eigenvalue weighted by molar-refractivity contribution is 5.84. The van der Waals surface area contributed by atoms with Gasteiger partial charge in [-0.15, -0.1) is 0 Å². The molecular formula is C20H27N3O3. The largest absolute Gasteiger partial charge is 0.480 e. The SMILES string of the molecule is O=C(O)CN1C[C@@H]2C(C(=O)CCCCc3ccc4c(n3)NCCC4)[C@@H]2C1. The summed E-state index contributed by atoms with van der Waals surface area (Å²) in [6.45, 7) is 2.67. The van der Waals surface area contributed by atoms with Crippen LogP contribution < -0.4 is 5.32 Å². The van der Waals surface area contributed by atoms with Gasteiger partial charge in [0.1, 0.15) is 11.6 Å². The van der Waals surface area contributed by atoms with Crippen molar-refractivity contribution < 1.29 is 14.7 Å². The van der Waals surface area contributed by atoms with Gasteiger partial charge in [-0.1, -0.05) is 6.07 Å². The van der Waals surface area contributed by atoms with Crippen molar-refractivity contribution in [2.45, 2.75) is 38.5 Å². The maximum absolute atomic E-state index is 12.4. The molecule has 6 heteroatoms. The smallest absolute Gasteiger partial charge is 0.317 e. The molecular weight excluding hydrogens is 330 g/mol. The predicted molar refractivity (Wildman–Crippen MR) is 98.2 cm³/mol. The minimum absolute atomic E-state index is 0.108. The lowest BCUT2D eigenvalue weighted by Gasteiger charge is -2.17. The molecule has 2 fully saturated rings. The second-order valence-corrected chi connectivity index (χ2v) is 7.96. The fraction of sp³-hybridized carbons (Fsp3) is 0.650. The van der Waals surface area contributed by atoms with Crippen LogP contribution in [0.4, 0.5) is 5.82 Å². The molecule has 2 N–H and O–H groups in total. The molecule has 0 bridgehead atoms. The molecule has 1 saturated carbocycles. The highest BCUT2D eigenvalue weighted by Crippen LogP contribution is 2.52. The summed E-state index contributed by atoms with van der Waals surface area (Å²) in [5.74, 6) is 1.67. The molecule has 2 aliphatic heterocycles. The first-order chi connectivity index (χ1) is 12.6. The zero-order chi connectivity index (χ0) is 18.1. The normalized spacial score (nSPS) is 26.7. The lowest BCUT2D eigenvalue weighted by atomic mass is 10.0. The number of Topliss-reactive ketones (excluding diaryl/α,β-unsaturated/α-hetero) is 1. The number of carboxylic acid groups (broad SMARTS) is 1. The Hall–Kier alpha value is -1.95. The van der Waals surface area contributed by atoms with Crippen LogP contribution in [-0.2, 0) is 22.4 Å². The molecule has 0 radical (unpaired) electrons. The Morgan fingerprint density at radius 1 is 1.23 bits per heavy atom. The van der Waals surface area contributed by atoms with Crippen LogP contribution in [-0.4, -0.2) is 52.9 Å². The average molecular weight is 357 g/mol. The van der Waals surface area contributed by atoms with E-state index in [-0.39, 0.29) is 12.5 Å². The monoisotopic (exact) mass is 357 g/mol. The third-order valence-corrected chi connectivity index (χ3v) is 6.06. The molecule has 1 aliphatic carbocycles. The van der Waals surface area contributed by atoms with Crippen molar-refractivity contribution in [1.29, 1.82) is 0 Å². The molecule has 1 saturated heterocycles. The van der Waals surface area contributed by atoms with E-state index in [1.54, 1.807) is 0 Å². The van der Waals surface area contributed by atoms with Gasteiger partial charge in [0.25, 0.3) is 0 Å². The zero-order valence-electron chi connectivity index (χ0n) is 15.1. The van der Waals surface area contributed by atoms with Gasteiger partial charge in [-0.25, -0.2) is 4.98 Å². The molecule has 3 aliphatic rings. The van der Waals surface area contributed by atoms with E-state index >= 15 is 0 Å². The summed E-state index contributed by atoms with van der Waals surface area (Å²) in [5.41, 5.74) is 2.42. The van der Waals surface area contributed by atoms with E-state index in [1.807, 2.05) is 4.90 Å². The molecule has 26 heavy (non-hydrogen) atoms. The number of aliphatic carboxylic acids is 1. The lowest BCUT2D eigenvalue weighted by molar-refractivity contribution is -0.138. The third-order valence-electron chi connectivity index (χ3n) is 6.06. The van der Waals surface area contributed by atoms with Gasteiger partial charge in [0.15, 0.2) is 0 Å². The molecule has 1 aromatic heterocycles. The van der Waals surface area contributed by atoms with Crippen molar-refractivity contribution >= 4 is 17.6 Å². The molecule has 3 heterocycles. The molecule has 140 valence electrons. The highest BCUT2D eigenvalue weighted by Gasteiger charge is 2.58. The van der Waals surface area contributed by atoms with Gasteiger partial charge in [-0.05, 0) is 55.6 Å². The topological polar surface area (TPSA) is 82.5 Å². The Morgan fingerprint density at radius 3 is 2.81 bits per heavy atom. The van der Waals surface area contributed by atoms with Crippen LogP contribution in [0.25, 0.3) is 0 Å². The van der Waals surface area contributed by atoms with Crippen molar-refractivity contribution in [2.24, 2.45) is 17.8 Å². The second kappa shape index (κ2) is 7.35. The minimum Gasteiger partial charge on any atom is -0.480 e. The van der Waals surface area contributed by atoms with E-state index in [0.29, 0.717) is 24.0 Å². The number of fused-ring (bicyclic) bond motifs is 2. The summed E-state index contributed by atoms with van der Waals surface area (Å²) in [7, 11) is 0. The number of aromatic nitrogens is 1. The maximum Gasteiger partial charge on any atom is 0.317 e. The Balaban J connectivity index is 1.16. The summed E-state index contributed by atoms with van der Waals surface area (Å²) in [4.78, 5) is 29.8. The predicted octanol–water partition coefficient (Wildman–Crippen LogP) is 1.98. The molecule has 0 aromatic carbocycles. The number of piperidine rings is 1. The summed E-state index contributed by atoms with van der Waals surface area (Å²) in [6.07, 6.45) is 5.77. The van der Waals surface area contributed by atoms with Gasteiger partial charge in [-0.2, -0.15) is 0 Å². The number of carboxylic acids is 1. The number of ketones is 1. The van der Waals surface area contributed by atoms with Crippen LogP contribution in [0, 0.1) is 17.8 Å². The highest BCUT2D eigenvalue weighted by atomic mass is 16.4. The Bertz CT molecular complexity index is 694. The molecule has 4 rings (SSSR count). The van der Waals surface area contributed by atoms with E-state index in [1.165, 1.54) is 12.0 Å². The Labute approximate surface area is 154 Å². The summed E-state index contributed by atoms with van der Waals surface area (Å²) >= 11 is 0. The number of likely N-dealkylation sites (tertiary alicyclic amines) is 1. The first-order valence-electron chi connectivity index (χ1n) is 9.81. The Kier molecular flexibility index (Phi) is 4.94. The minimum atomic E-state index is -0.778. The number of nitrogens with zero attached hydrogens (tertiary/aromatic N) is 2. The van der Waals surface area contributed by atoms with E-state index in [0.717, 1.165) is 56.8 Å². The number of carbonyl (C=O) groups excluding carboxylic acids is 1. The number of carbonyl (C=O) groups is 2. The number of aryl methyl sites for hydroxylation is 2. The van der Waals surface area contributed by atoms with Crippen molar-refractivity contribution in [3.63, 3.8) is 0 Å². The first kappa shape index (κ1) is 17.5. The fourth-order valence-corrected chi connectivity index (χ4v) is 4.69.